The number of hydrogen-bond acceptors (Lipinski definition) is 3. The molecular formula is C13H12INO2. The van der Waals surface area contributed by atoms with Gasteiger partial charge in [-0.3, -0.25) is 0 Å². The van der Waals surface area contributed by atoms with Crippen molar-refractivity contribution in [2.75, 3.05) is 12.8 Å². The Morgan fingerprint density at radius 3 is 2.53 bits per heavy atom. The Morgan fingerprint density at radius 1 is 1.06 bits per heavy atom. The van der Waals surface area contributed by atoms with Gasteiger partial charge in [-0.2, -0.15) is 0 Å². The number of nitrogen functional groups attached to an aromatic ring is 1. The van der Waals surface area contributed by atoms with Crippen LogP contribution in [0.2, 0.25) is 0 Å². The molecule has 0 aliphatic carbocycles. The normalized spacial score (nSPS) is 10.0. The topological polar surface area (TPSA) is 44.5 Å². The van der Waals surface area contributed by atoms with Crippen molar-refractivity contribution >= 4 is 28.3 Å². The minimum Gasteiger partial charge on any atom is -0.494 e. The van der Waals surface area contributed by atoms with E-state index in [0.717, 1.165) is 9.32 Å². The summed E-state index contributed by atoms with van der Waals surface area (Å²) in [5, 5.41) is 0. The van der Waals surface area contributed by atoms with Crippen LogP contribution in [0.3, 0.4) is 0 Å². The van der Waals surface area contributed by atoms with Crippen molar-refractivity contribution in [1.82, 2.24) is 0 Å². The standard InChI is InChI=1S/C13H12INO2/c1-16-13-8-9(6-7-11(13)15)17-12-5-3-2-4-10(12)14/h2-8H,15H2,1H3. The monoisotopic (exact) mass is 341 g/mol. The number of rotatable bonds is 3. The van der Waals surface area contributed by atoms with Crippen LogP contribution >= 0.6 is 22.6 Å². The molecule has 0 aromatic heterocycles. The molecule has 88 valence electrons. The van der Waals surface area contributed by atoms with Crippen molar-refractivity contribution in [3.05, 3.63) is 46.0 Å². The molecule has 0 bridgehead atoms. The van der Waals surface area contributed by atoms with E-state index in [0.29, 0.717) is 17.2 Å². The number of benzene rings is 2. The van der Waals surface area contributed by atoms with Gasteiger partial charge < -0.3 is 15.2 Å². The lowest BCUT2D eigenvalue weighted by molar-refractivity contribution is 0.411. The molecule has 2 N–H and O–H groups in total. The van der Waals surface area contributed by atoms with Crippen molar-refractivity contribution in [2.24, 2.45) is 0 Å². The van der Waals surface area contributed by atoms with E-state index in [9.17, 15) is 0 Å². The first-order valence-electron chi connectivity index (χ1n) is 5.06. The van der Waals surface area contributed by atoms with Crippen LogP contribution in [0.1, 0.15) is 0 Å². The van der Waals surface area contributed by atoms with Crippen LogP contribution in [0.15, 0.2) is 42.5 Å². The van der Waals surface area contributed by atoms with Gasteiger partial charge in [0.25, 0.3) is 0 Å². The van der Waals surface area contributed by atoms with Gasteiger partial charge in [0.05, 0.1) is 16.4 Å². The van der Waals surface area contributed by atoms with E-state index in [4.69, 9.17) is 15.2 Å². The second-order valence-electron chi connectivity index (χ2n) is 3.44. The first-order valence-corrected chi connectivity index (χ1v) is 6.14. The molecule has 0 amide bonds. The van der Waals surface area contributed by atoms with Gasteiger partial charge in [-0.1, -0.05) is 12.1 Å². The van der Waals surface area contributed by atoms with Gasteiger partial charge in [-0.15, -0.1) is 0 Å². The molecule has 0 radical (unpaired) electrons. The summed E-state index contributed by atoms with van der Waals surface area (Å²) in [6, 6.07) is 13.2. The molecule has 0 atom stereocenters. The molecule has 0 fully saturated rings. The fourth-order valence-corrected chi connectivity index (χ4v) is 1.91. The molecule has 17 heavy (non-hydrogen) atoms. The SMILES string of the molecule is COc1cc(Oc2ccccc2I)ccc1N. The lowest BCUT2D eigenvalue weighted by atomic mass is 10.3. The molecule has 0 aliphatic heterocycles. The first-order chi connectivity index (χ1) is 8.20. The van der Waals surface area contributed by atoms with Gasteiger partial charge >= 0.3 is 0 Å². The zero-order valence-electron chi connectivity index (χ0n) is 9.31. The Morgan fingerprint density at radius 2 is 1.82 bits per heavy atom. The maximum absolute atomic E-state index is 5.76. The van der Waals surface area contributed by atoms with Gasteiger partial charge in [0.1, 0.15) is 17.2 Å². The number of hydrogen-bond donors (Lipinski definition) is 1. The second kappa shape index (κ2) is 5.27. The van der Waals surface area contributed by atoms with Crippen LogP contribution < -0.4 is 15.2 Å². The Hall–Kier alpha value is -1.43. The zero-order valence-corrected chi connectivity index (χ0v) is 11.5. The summed E-state index contributed by atoms with van der Waals surface area (Å²) in [5.74, 6) is 2.15. The Labute approximate surface area is 114 Å². The highest BCUT2D eigenvalue weighted by Gasteiger charge is 2.05. The average Bonchev–Trinajstić information content (AvgIpc) is 2.34. The van der Waals surface area contributed by atoms with E-state index in [1.54, 1.807) is 19.2 Å². The molecule has 4 heteroatoms. The summed E-state index contributed by atoms with van der Waals surface area (Å²) in [4.78, 5) is 0. The molecule has 0 saturated heterocycles. The summed E-state index contributed by atoms with van der Waals surface area (Å²) >= 11 is 2.23. The molecule has 3 nitrogen and oxygen atoms in total. The quantitative estimate of drug-likeness (QED) is 0.684. The van der Waals surface area contributed by atoms with Crippen molar-refractivity contribution in [2.45, 2.75) is 0 Å². The third-order valence-corrected chi connectivity index (χ3v) is 3.16. The van der Waals surface area contributed by atoms with E-state index in [1.807, 2.05) is 30.3 Å². The Balaban J connectivity index is 2.28. The van der Waals surface area contributed by atoms with Gasteiger partial charge in [0, 0.05) is 6.07 Å². The van der Waals surface area contributed by atoms with Crippen molar-refractivity contribution < 1.29 is 9.47 Å². The van der Waals surface area contributed by atoms with Crippen LogP contribution in [0, 0.1) is 3.57 Å². The first kappa shape index (κ1) is 12.0. The minimum absolute atomic E-state index is 0.600. The molecular weight excluding hydrogens is 329 g/mol. The number of anilines is 1. The fraction of sp³-hybridized carbons (Fsp3) is 0.0769. The molecule has 0 saturated carbocycles. The molecule has 0 unspecified atom stereocenters. The third kappa shape index (κ3) is 2.82. The fourth-order valence-electron chi connectivity index (χ4n) is 1.41. The summed E-state index contributed by atoms with van der Waals surface area (Å²) in [6.07, 6.45) is 0. The van der Waals surface area contributed by atoms with E-state index in [-0.39, 0.29) is 0 Å². The summed E-state index contributed by atoms with van der Waals surface area (Å²) in [6.45, 7) is 0. The van der Waals surface area contributed by atoms with Gasteiger partial charge in [0.15, 0.2) is 0 Å². The van der Waals surface area contributed by atoms with Gasteiger partial charge in [-0.25, -0.2) is 0 Å². The second-order valence-corrected chi connectivity index (χ2v) is 4.60. The zero-order chi connectivity index (χ0) is 12.3. The summed E-state index contributed by atoms with van der Waals surface area (Å²) in [5.41, 5.74) is 6.34. The molecule has 2 rings (SSSR count). The molecule has 0 heterocycles. The lowest BCUT2D eigenvalue weighted by Gasteiger charge is -2.10. The Kier molecular flexibility index (Phi) is 3.73. The smallest absolute Gasteiger partial charge is 0.145 e. The van der Waals surface area contributed by atoms with Crippen LogP contribution in [-0.2, 0) is 0 Å². The average molecular weight is 341 g/mol. The largest absolute Gasteiger partial charge is 0.494 e. The van der Waals surface area contributed by atoms with Crippen LogP contribution in [0.25, 0.3) is 0 Å². The predicted molar refractivity (Wildman–Crippen MR) is 76.6 cm³/mol. The van der Waals surface area contributed by atoms with Crippen LogP contribution in [0.4, 0.5) is 5.69 Å². The highest BCUT2D eigenvalue weighted by Crippen LogP contribution is 2.31. The van der Waals surface area contributed by atoms with Crippen LogP contribution in [-0.4, -0.2) is 7.11 Å². The highest BCUT2D eigenvalue weighted by atomic mass is 127. The number of nitrogens with two attached hydrogens (primary N) is 1. The third-order valence-electron chi connectivity index (χ3n) is 2.27. The van der Waals surface area contributed by atoms with Crippen molar-refractivity contribution in [3.8, 4) is 17.2 Å². The molecule has 0 spiro atoms. The van der Waals surface area contributed by atoms with E-state index >= 15 is 0 Å². The van der Waals surface area contributed by atoms with Crippen LogP contribution in [0.5, 0.6) is 17.2 Å². The van der Waals surface area contributed by atoms with E-state index in [2.05, 4.69) is 22.6 Å². The number of halogens is 1. The van der Waals surface area contributed by atoms with Crippen molar-refractivity contribution in [1.29, 1.82) is 0 Å². The minimum atomic E-state index is 0.600. The van der Waals surface area contributed by atoms with E-state index in [1.165, 1.54) is 0 Å². The maximum Gasteiger partial charge on any atom is 0.145 e. The van der Waals surface area contributed by atoms with Gasteiger partial charge in [0.2, 0.25) is 0 Å². The number of ether oxygens (including phenoxy) is 2. The highest BCUT2D eigenvalue weighted by molar-refractivity contribution is 14.1. The molecule has 2 aromatic rings. The summed E-state index contributed by atoms with van der Waals surface area (Å²) in [7, 11) is 1.59. The number of methoxy groups -OCH3 is 1. The summed E-state index contributed by atoms with van der Waals surface area (Å²) < 4.78 is 12.0. The molecule has 0 aliphatic rings. The Bertz CT molecular complexity index is 529. The molecule has 2 aromatic carbocycles. The van der Waals surface area contributed by atoms with Gasteiger partial charge in [-0.05, 0) is 46.9 Å². The predicted octanol–water partition coefficient (Wildman–Crippen LogP) is 3.67. The number of para-hydroxylation sites is 1. The maximum atomic E-state index is 5.76. The van der Waals surface area contributed by atoms with Crippen molar-refractivity contribution in [3.63, 3.8) is 0 Å². The lowest BCUT2D eigenvalue weighted by Crippen LogP contribution is -1.93. The van der Waals surface area contributed by atoms with E-state index < -0.39 is 0 Å².